The molecule has 13 heteroatoms. The highest BCUT2D eigenvalue weighted by molar-refractivity contribution is 7.70. The molecule has 2 aromatic heterocycles. The van der Waals surface area contributed by atoms with E-state index < -0.39 is 31.0 Å². The molecule has 39 heavy (non-hydrogen) atoms. The number of nitrogens with zero attached hydrogens (tertiary/aromatic N) is 3. The first-order chi connectivity index (χ1) is 18.3. The quantitative estimate of drug-likeness (QED) is 0.293. The molecule has 0 saturated heterocycles. The number of hydrogen-bond donors (Lipinski definition) is 3. The van der Waals surface area contributed by atoms with Gasteiger partial charge in [-0.15, -0.1) is 0 Å². The number of amides is 1. The second-order valence-corrected chi connectivity index (χ2v) is 13.9. The third kappa shape index (κ3) is 5.54. The molecular formula is C26H31F4N6O2P. The van der Waals surface area contributed by atoms with Crippen molar-refractivity contribution in [1.29, 1.82) is 0 Å². The molecule has 3 atom stereocenters. The number of nitrogens with one attached hydrogen (secondary N) is 3. The zero-order valence-corrected chi connectivity index (χ0v) is 22.8. The van der Waals surface area contributed by atoms with Gasteiger partial charge in [0.05, 0.1) is 23.3 Å². The van der Waals surface area contributed by atoms with Crippen LogP contribution >= 0.6 is 7.14 Å². The maximum absolute atomic E-state index is 14.8. The zero-order valence-electron chi connectivity index (χ0n) is 21.9. The smallest absolute Gasteiger partial charge is 0.360 e. The van der Waals surface area contributed by atoms with Crippen LogP contribution in [0.4, 0.5) is 23.5 Å². The summed E-state index contributed by atoms with van der Waals surface area (Å²) in [5.74, 6) is -0.436. The van der Waals surface area contributed by atoms with Gasteiger partial charge in [-0.3, -0.25) is 4.79 Å². The second-order valence-electron chi connectivity index (χ2n) is 10.8. The van der Waals surface area contributed by atoms with E-state index in [9.17, 15) is 26.9 Å². The number of carbonyl (C=O) groups excluding carboxylic acids is 1. The topological polar surface area (TPSA) is 103 Å². The van der Waals surface area contributed by atoms with Crippen molar-refractivity contribution in [1.82, 2.24) is 25.2 Å². The summed E-state index contributed by atoms with van der Waals surface area (Å²) < 4.78 is 70.5. The van der Waals surface area contributed by atoms with Crippen molar-refractivity contribution in [2.75, 3.05) is 38.8 Å². The Hall–Kier alpha value is -2.98. The van der Waals surface area contributed by atoms with Crippen molar-refractivity contribution in [3.05, 3.63) is 35.7 Å². The van der Waals surface area contributed by atoms with E-state index >= 15 is 0 Å². The maximum atomic E-state index is 14.8. The number of anilines is 1. The molecule has 0 spiro atoms. The summed E-state index contributed by atoms with van der Waals surface area (Å²) in [5.41, 5.74) is -0.763. The maximum Gasteiger partial charge on any atom is 0.419 e. The summed E-state index contributed by atoms with van der Waals surface area (Å²) in [7, 11) is -1.65. The third-order valence-electron chi connectivity index (χ3n) is 7.42. The molecule has 1 saturated carbocycles. The fraction of sp³-hybridized carbons (Fsp3) is 0.500. The molecule has 3 N–H and O–H groups in total. The SMILES string of the molecule is CN1C[C@H](F)CCN[C@H]2CC[C@@H](C2)Nc2ncc(C(F)(F)F)c(n2)-c2c[nH]c3c(P(C)(C)=O)c(ccc23)C1=O. The normalized spacial score (nSPS) is 23.1. The Bertz CT molecular complexity index is 1450. The molecule has 0 radical (unpaired) electrons. The molecule has 4 heterocycles. The molecule has 6 rings (SSSR count). The van der Waals surface area contributed by atoms with Gasteiger partial charge < -0.3 is 25.1 Å². The number of benzene rings is 1. The minimum absolute atomic E-state index is 0.0534. The molecule has 3 aliphatic rings. The number of aromatic nitrogens is 3. The van der Waals surface area contributed by atoms with Gasteiger partial charge in [-0.1, -0.05) is 6.07 Å². The highest BCUT2D eigenvalue weighted by atomic mass is 31.2. The van der Waals surface area contributed by atoms with Crippen LogP contribution in [0.15, 0.2) is 24.5 Å². The average molecular weight is 567 g/mol. The van der Waals surface area contributed by atoms with Gasteiger partial charge in [0, 0.05) is 47.8 Å². The van der Waals surface area contributed by atoms with E-state index in [4.69, 9.17) is 0 Å². The lowest BCUT2D eigenvalue weighted by atomic mass is 10.0. The first-order valence-corrected chi connectivity index (χ1v) is 15.5. The van der Waals surface area contributed by atoms with Crippen LogP contribution in [0.3, 0.4) is 0 Å². The van der Waals surface area contributed by atoms with Crippen LogP contribution in [0.5, 0.6) is 0 Å². The molecule has 1 fully saturated rings. The Kier molecular flexibility index (Phi) is 7.22. The van der Waals surface area contributed by atoms with Crippen molar-refractivity contribution in [3.63, 3.8) is 0 Å². The van der Waals surface area contributed by atoms with Crippen LogP contribution in [-0.4, -0.2) is 77.5 Å². The lowest BCUT2D eigenvalue weighted by Crippen LogP contribution is -2.37. The zero-order chi connectivity index (χ0) is 28.1. The number of halogens is 4. The molecule has 0 unspecified atom stereocenters. The van der Waals surface area contributed by atoms with Crippen LogP contribution in [-0.2, 0) is 10.7 Å². The molecular weight excluding hydrogens is 535 g/mol. The van der Waals surface area contributed by atoms with Crippen molar-refractivity contribution in [3.8, 4) is 11.3 Å². The predicted octanol–water partition coefficient (Wildman–Crippen LogP) is 4.63. The minimum atomic E-state index is -4.72. The Morgan fingerprint density at radius 2 is 1.85 bits per heavy atom. The highest BCUT2D eigenvalue weighted by Gasteiger charge is 2.37. The van der Waals surface area contributed by atoms with E-state index in [1.807, 2.05) is 0 Å². The van der Waals surface area contributed by atoms with Crippen LogP contribution < -0.4 is 15.9 Å². The van der Waals surface area contributed by atoms with Crippen LogP contribution in [0.2, 0.25) is 0 Å². The van der Waals surface area contributed by atoms with Gasteiger partial charge in [0.1, 0.15) is 18.9 Å². The molecule has 8 bridgehead atoms. The van der Waals surface area contributed by atoms with Crippen LogP contribution in [0, 0.1) is 0 Å². The molecule has 2 aliphatic heterocycles. The lowest BCUT2D eigenvalue weighted by molar-refractivity contribution is -0.137. The fourth-order valence-electron chi connectivity index (χ4n) is 5.58. The first-order valence-electron chi connectivity index (χ1n) is 12.9. The largest absolute Gasteiger partial charge is 0.419 e. The summed E-state index contributed by atoms with van der Waals surface area (Å²) in [6.07, 6.45) is -1.34. The number of hydrogen-bond acceptors (Lipinski definition) is 6. The Balaban J connectivity index is 1.71. The number of alkyl halides is 4. The van der Waals surface area contributed by atoms with Gasteiger partial charge in [-0.25, -0.2) is 14.4 Å². The average Bonchev–Trinajstić information content (AvgIpc) is 3.47. The van der Waals surface area contributed by atoms with Crippen molar-refractivity contribution < 1.29 is 26.9 Å². The van der Waals surface area contributed by atoms with Gasteiger partial charge >= 0.3 is 6.18 Å². The van der Waals surface area contributed by atoms with Crippen LogP contribution in [0.1, 0.15) is 41.6 Å². The molecule has 1 aromatic carbocycles. The van der Waals surface area contributed by atoms with Gasteiger partial charge in [-0.05, 0) is 51.6 Å². The molecule has 1 aliphatic carbocycles. The van der Waals surface area contributed by atoms with Gasteiger partial charge in [-0.2, -0.15) is 13.2 Å². The number of carbonyl (C=O) groups is 1. The highest BCUT2D eigenvalue weighted by Crippen LogP contribution is 2.43. The summed E-state index contributed by atoms with van der Waals surface area (Å²) in [6.45, 7) is 3.25. The first kappa shape index (κ1) is 27.6. The molecule has 1 amide bonds. The van der Waals surface area contributed by atoms with Crippen molar-refractivity contribution >= 4 is 35.2 Å². The summed E-state index contributed by atoms with van der Waals surface area (Å²) in [6, 6.07) is 3.03. The number of fused-ring (bicyclic) bond motifs is 7. The monoisotopic (exact) mass is 566 g/mol. The number of aromatic amines is 1. The van der Waals surface area contributed by atoms with E-state index in [0.717, 1.165) is 19.0 Å². The van der Waals surface area contributed by atoms with E-state index in [0.29, 0.717) is 18.4 Å². The molecule has 8 nitrogen and oxygen atoms in total. The van der Waals surface area contributed by atoms with E-state index in [-0.39, 0.29) is 58.6 Å². The van der Waals surface area contributed by atoms with E-state index in [1.54, 1.807) is 0 Å². The number of H-pyrrole nitrogens is 1. The van der Waals surface area contributed by atoms with E-state index in [2.05, 4.69) is 25.6 Å². The fourth-order valence-corrected chi connectivity index (χ4v) is 7.05. The van der Waals surface area contributed by atoms with E-state index in [1.165, 1.54) is 43.6 Å². The third-order valence-corrected chi connectivity index (χ3v) is 8.96. The van der Waals surface area contributed by atoms with Crippen molar-refractivity contribution in [2.45, 2.75) is 50.1 Å². The standard InChI is InChI=1S/C26H31F4N6O2P/c1-36-13-14(27)8-9-31-15-4-5-16(10-15)34-25-33-12-20(26(28,29)30)21(35-25)19-11-32-22-17(19)6-7-18(24(36)37)23(22)39(2,3)38/h6-7,11-12,14-16,31-32H,4-5,8-10,13H2,1-3H3,(H,33,34,35)/t14-,15+,16+/m1/s1. The van der Waals surface area contributed by atoms with Crippen molar-refractivity contribution in [2.24, 2.45) is 0 Å². The van der Waals surface area contributed by atoms with Gasteiger partial charge in [0.2, 0.25) is 5.95 Å². The molecule has 210 valence electrons. The predicted molar refractivity (Wildman–Crippen MR) is 143 cm³/mol. The molecule has 3 aromatic rings. The second kappa shape index (κ2) is 10.2. The Labute approximate surface area is 223 Å². The van der Waals surface area contributed by atoms with Gasteiger partial charge in [0.25, 0.3) is 5.91 Å². The van der Waals surface area contributed by atoms with Gasteiger partial charge in [0.15, 0.2) is 0 Å². The number of rotatable bonds is 1. The summed E-state index contributed by atoms with van der Waals surface area (Å²) in [4.78, 5) is 25.9. The minimum Gasteiger partial charge on any atom is -0.360 e. The lowest BCUT2D eigenvalue weighted by Gasteiger charge is -2.23. The summed E-state index contributed by atoms with van der Waals surface area (Å²) >= 11 is 0. The van der Waals surface area contributed by atoms with Crippen LogP contribution in [0.25, 0.3) is 22.2 Å². The Morgan fingerprint density at radius 1 is 1.10 bits per heavy atom. The summed E-state index contributed by atoms with van der Waals surface area (Å²) in [5, 5.41) is 7.05. The Morgan fingerprint density at radius 3 is 2.56 bits per heavy atom.